The predicted octanol–water partition coefficient (Wildman–Crippen LogP) is 2.92. The molecular formula is C12H18O2. The van der Waals surface area contributed by atoms with Crippen LogP contribution < -0.4 is 0 Å². The summed E-state index contributed by atoms with van der Waals surface area (Å²) in [5.74, 6) is 1.06. The van der Waals surface area contributed by atoms with Crippen molar-refractivity contribution in [2.75, 3.05) is 0 Å². The summed E-state index contributed by atoms with van der Waals surface area (Å²) in [6.07, 6.45) is 3.43. The standard InChI is InChI=1S/C12H18O2/c1-4-12(13,9-8-11(9,2)3)10-6-5-7-14-10/h5-7,9,13H,4,8H2,1-3H3. The van der Waals surface area contributed by atoms with E-state index in [9.17, 15) is 5.11 Å². The molecule has 0 radical (unpaired) electrons. The van der Waals surface area contributed by atoms with Gasteiger partial charge in [0.1, 0.15) is 11.4 Å². The minimum absolute atomic E-state index is 0.261. The molecular weight excluding hydrogens is 176 g/mol. The van der Waals surface area contributed by atoms with Crippen LogP contribution in [0.5, 0.6) is 0 Å². The minimum atomic E-state index is -0.757. The molecule has 2 rings (SSSR count). The highest BCUT2D eigenvalue weighted by Crippen LogP contribution is 2.61. The van der Waals surface area contributed by atoms with Gasteiger partial charge in [0.15, 0.2) is 0 Å². The molecule has 0 aromatic carbocycles. The molecule has 2 atom stereocenters. The summed E-state index contributed by atoms with van der Waals surface area (Å²) < 4.78 is 5.33. The van der Waals surface area contributed by atoms with Crippen molar-refractivity contribution in [2.24, 2.45) is 11.3 Å². The molecule has 0 amide bonds. The lowest BCUT2D eigenvalue weighted by Gasteiger charge is -2.26. The maximum atomic E-state index is 10.6. The average Bonchev–Trinajstić information content (AvgIpc) is 2.62. The third kappa shape index (κ3) is 1.29. The van der Waals surface area contributed by atoms with Gasteiger partial charge < -0.3 is 9.52 Å². The fraction of sp³-hybridized carbons (Fsp3) is 0.667. The van der Waals surface area contributed by atoms with E-state index in [0.717, 1.165) is 12.2 Å². The molecule has 2 unspecified atom stereocenters. The predicted molar refractivity (Wildman–Crippen MR) is 54.8 cm³/mol. The zero-order valence-corrected chi connectivity index (χ0v) is 9.08. The Morgan fingerprint density at radius 3 is 2.64 bits per heavy atom. The summed E-state index contributed by atoms with van der Waals surface area (Å²) in [6.45, 7) is 6.40. The summed E-state index contributed by atoms with van der Waals surface area (Å²) in [5, 5.41) is 10.6. The molecule has 1 aromatic rings. The van der Waals surface area contributed by atoms with E-state index >= 15 is 0 Å². The second kappa shape index (κ2) is 2.86. The molecule has 1 aliphatic rings. The van der Waals surface area contributed by atoms with Crippen LogP contribution in [-0.4, -0.2) is 5.11 Å². The van der Waals surface area contributed by atoms with Crippen LogP contribution in [-0.2, 0) is 5.60 Å². The van der Waals surface area contributed by atoms with Crippen LogP contribution in [0, 0.1) is 11.3 Å². The van der Waals surface area contributed by atoms with Gasteiger partial charge in [-0.05, 0) is 30.4 Å². The van der Waals surface area contributed by atoms with Gasteiger partial charge in [0, 0.05) is 5.92 Å². The molecule has 0 bridgehead atoms. The summed E-state index contributed by atoms with van der Waals surface area (Å²) in [6, 6.07) is 3.71. The smallest absolute Gasteiger partial charge is 0.135 e. The van der Waals surface area contributed by atoms with Crippen LogP contribution in [0.2, 0.25) is 0 Å². The maximum Gasteiger partial charge on any atom is 0.135 e. The number of hydrogen-bond acceptors (Lipinski definition) is 2. The lowest BCUT2D eigenvalue weighted by atomic mass is 9.87. The molecule has 0 saturated heterocycles. The van der Waals surface area contributed by atoms with E-state index in [1.54, 1.807) is 6.26 Å². The van der Waals surface area contributed by atoms with Gasteiger partial charge in [-0.1, -0.05) is 20.8 Å². The van der Waals surface area contributed by atoms with Gasteiger partial charge in [-0.15, -0.1) is 0 Å². The topological polar surface area (TPSA) is 33.4 Å². The van der Waals surface area contributed by atoms with Crippen molar-refractivity contribution in [3.05, 3.63) is 24.2 Å². The Bertz CT molecular complexity index is 313. The molecule has 1 fully saturated rings. The van der Waals surface area contributed by atoms with E-state index in [1.165, 1.54) is 0 Å². The lowest BCUT2D eigenvalue weighted by Crippen LogP contribution is -2.29. The maximum absolute atomic E-state index is 10.6. The van der Waals surface area contributed by atoms with Gasteiger partial charge in [-0.25, -0.2) is 0 Å². The van der Waals surface area contributed by atoms with Crippen LogP contribution in [0.15, 0.2) is 22.8 Å². The minimum Gasteiger partial charge on any atom is -0.466 e. The highest BCUT2D eigenvalue weighted by Gasteiger charge is 2.58. The third-order valence-electron chi connectivity index (χ3n) is 3.58. The SMILES string of the molecule is CCC(O)(c1ccco1)C1CC1(C)C. The Kier molecular flexibility index (Phi) is 2.00. The summed E-state index contributed by atoms with van der Waals surface area (Å²) in [7, 11) is 0. The third-order valence-corrected chi connectivity index (χ3v) is 3.58. The zero-order valence-electron chi connectivity index (χ0n) is 9.08. The Morgan fingerprint density at radius 2 is 2.29 bits per heavy atom. The molecule has 2 heteroatoms. The first-order valence-corrected chi connectivity index (χ1v) is 5.27. The molecule has 0 spiro atoms. The fourth-order valence-electron chi connectivity index (χ4n) is 2.40. The fourth-order valence-corrected chi connectivity index (χ4v) is 2.40. The molecule has 1 aromatic heterocycles. The molecule has 0 aliphatic heterocycles. The number of aliphatic hydroxyl groups is 1. The monoisotopic (exact) mass is 194 g/mol. The van der Waals surface area contributed by atoms with Crippen molar-refractivity contribution >= 4 is 0 Å². The number of furan rings is 1. The first-order valence-electron chi connectivity index (χ1n) is 5.27. The second-order valence-electron chi connectivity index (χ2n) is 5.00. The van der Waals surface area contributed by atoms with Gasteiger partial charge in [0.05, 0.1) is 6.26 Å². The average molecular weight is 194 g/mol. The lowest BCUT2D eigenvalue weighted by molar-refractivity contribution is -0.0221. The molecule has 1 N–H and O–H groups in total. The first kappa shape index (κ1) is 9.78. The molecule has 1 saturated carbocycles. The van der Waals surface area contributed by atoms with E-state index < -0.39 is 5.60 Å². The highest BCUT2D eigenvalue weighted by atomic mass is 16.4. The van der Waals surface area contributed by atoms with Crippen LogP contribution in [0.4, 0.5) is 0 Å². The van der Waals surface area contributed by atoms with Crippen molar-refractivity contribution in [3.8, 4) is 0 Å². The van der Waals surface area contributed by atoms with Gasteiger partial charge >= 0.3 is 0 Å². The number of hydrogen-bond donors (Lipinski definition) is 1. The molecule has 78 valence electrons. The summed E-state index contributed by atoms with van der Waals surface area (Å²) in [5.41, 5.74) is -0.495. The Hall–Kier alpha value is -0.760. The quantitative estimate of drug-likeness (QED) is 0.802. The highest BCUT2D eigenvalue weighted by molar-refractivity contribution is 5.18. The van der Waals surface area contributed by atoms with Crippen LogP contribution in [0.25, 0.3) is 0 Å². The second-order valence-corrected chi connectivity index (χ2v) is 5.00. The first-order chi connectivity index (χ1) is 6.50. The van der Waals surface area contributed by atoms with Gasteiger partial charge in [-0.3, -0.25) is 0 Å². The molecule has 2 nitrogen and oxygen atoms in total. The summed E-state index contributed by atoms with van der Waals surface area (Å²) in [4.78, 5) is 0. The van der Waals surface area contributed by atoms with Crippen molar-refractivity contribution in [2.45, 2.75) is 39.2 Å². The van der Waals surface area contributed by atoms with E-state index in [4.69, 9.17) is 4.42 Å². The van der Waals surface area contributed by atoms with Crippen molar-refractivity contribution in [1.82, 2.24) is 0 Å². The van der Waals surface area contributed by atoms with Gasteiger partial charge in [-0.2, -0.15) is 0 Å². The normalized spacial score (nSPS) is 28.4. The molecule has 14 heavy (non-hydrogen) atoms. The number of rotatable bonds is 3. The van der Waals surface area contributed by atoms with Gasteiger partial charge in [0.2, 0.25) is 0 Å². The van der Waals surface area contributed by atoms with E-state index in [1.807, 2.05) is 19.1 Å². The van der Waals surface area contributed by atoms with Gasteiger partial charge in [0.25, 0.3) is 0 Å². The zero-order chi connectivity index (χ0) is 10.4. The Balaban J connectivity index is 2.28. The Labute approximate surface area is 84.9 Å². The van der Waals surface area contributed by atoms with Crippen LogP contribution in [0.3, 0.4) is 0 Å². The van der Waals surface area contributed by atoms with Crippen LogP contribution in [0.1, 0.15) is 39.4 Å². The molecule has 1 aliphatic carbocycles. The Morgan fingerprint density at radius 1 is 1.64 bits per heavy atom. The van der Waals surface area contributed by atoms with Crippen LogP contribution >= 0.6 is 0 Å². The van der Waals surface area contributed by atoms with Crippen molar-refractivity contribution < 1.29 is 9.52 Å². The van der Waals surface area contributed by atoms with E-state index in [0.29, 0.717) is 12.3 Å². The van der Waals surface area contributed by atoms with E-state index in [-0.39, 0.29) is 5.41 Å². The summed E-state index contributed by atoms with van der Waals surface area (Å²) >= 11 is 0. The largest absolute Gasteiger partial charge is 0.466 e. The molecule has 1 heterocycles. The van der Waals surface area contributed by atoms with Crippen molar-refractivity contribution in [1.29, 1.82) is 0 Å². The van der Waals surface area contributed by atoms with E-state index in [2.05, 4.69) is 13.8 Å². The van der Waals surface area contributed by atoms with Crippen molar-refractivity contribution in [3.63, 3.8) is 0 Å².